The van der Waals surface area contributed by atoms with Crippen molar-refractivity contribution in [3.05, 3.63) is 44.9 Å². The number of hydrogen-bond acceptors (Lipinski definition) is 1. The van der Waals surface area contributed by atoms with Gasteiger partial charge in [-0.15, -0.1) is 0 Å². The second kappa shape index (κ2) is 3.48. The van der Waals surface area contributed by atoms with Crippen LogP contribution in [0.25, 0.3) is 21.8 Å². The molecule has 92 valence electrons. The van der Waals surface area contributed by atoms with Crippen molar-refractivity contribution in [1.82, 2.24) is 9.97 Å². The van der Waals surface area contributed by atoms with Crippen LogP contribution in [-0.2, 0) is 0 Å². The van der Waals surface area contributed by atoms with E-state index in [9.17, 15) is 4.79 Å². The number of aromatic nitrogens is 2. The summed E-state index contributed by atoms with van der Waals surface area (Å²) in [6.07, 6.45) is 0. The molecule has 2 aromatic heterocycles. The van der Waals surface area contributed by atoms with Gasteiger partial charge in [-0.1, -0.05) is 0 Å². The Bertz CT molecular complexity index is 837. The lowest BCUT2D eigenvalue weighted by atomic mass is 10.0. The summed E-state index contributed by atoms with van der Waals surface area (Å²) in [5.74, 6) is 0. The third-order valence-corrected chi connectivity index (χ3v) is 3.79. The molecule has 18 heavy (non-hydrogen) atoms. The maximum absolute atomic E-state index is 11.6. The Morgan fingerprint density at radius 2 is 1.61 bits per heavy atom. The molecule has 0 radical (unpaired) electrons. The minimum atomic E-state index is -0.0394. The Kier molecular flexibility index (Phi) is 2.14. The summed E-state index contributed by atoms with van der Waals surface area (Å²) in [4.78, 5) is 18.0. The molecular weight excluding hydrogens is 224 g/mol. The predicted molar refractivity (Wildman–Crippen MR) is 75.4 cm³/mol. The largest absolute Gasteiger partial charge is 0.358 e. The molecule has 3 rings (SSSR count). The zero-order valence-corrected chi connectivity index (χ0v) is 11.1. The molecule has 2 N–H and O–H groups in total. The van der Waals surface area contributed by atoms with Crippen LogP contribution >= 0.6 is 0 Å². The molecule has 0 fully saturated rings. The first-order valence-electron chi connectivity index (χ1n) is 6.11. The van der Waals surface area contributed by atoms with E-state index >= 15 is 0 Å². The van der Waals surface area contributed by atoms with Gasteiger partial charge in [-0.25, -0.2) is 0 Å². The van der Waals surface area contributed by atoms with Crippen LogP contribution in [0.3, 0.4) is 0 Å². The molecule has 0 aliphatic rings. The van der Waals surface area contributed by atoms with Gasteiger partial charge in [0.15, 0.2) is 0 Å². The molecule has 3 nitrogen and oxygen atoms in total. The first-order valence-corrected chi connectivity index (χ1v) is 6.11. The molecule has 0 spiro atoms. The topological polar surface area (TPSA) is 48.6 Å². The van der Waals surface area contributed by atoms with Crippen molar-refractivity contribution in [1.29, 1.82) is 0 Å². The van der Waals surface area contributed by atoms with E-state index in [-0.39, 0.29) is 5.56 Å². The van der Waals surface area contributed by atoms with Gasteiger partial charge < -0.3 is 9.97 Å². The van der Waals surface area contributed by atoms with Crippen LogP contribution in [0, 0.1) is 27.7 Å². The molecule has 3 aromatic rings. The zero-order chi connectivity index (χ0) is 13.0. The highest BCUT2D eigenvalue weighted by atomic mass is 16.1. The molecule has 0 saturated carbocycles. The maximum Gasteiger partial charge on any atom is 0.248 e. The van der Waals surface area contributed by atoms with Crippen LogP contribution in [0.4, 0.5) is 0 Å². The third-order valence-electron chi connectivity index (χ3n) is 3.79. The van der Waals surface area contributed by atoms with Crippen molar-refractivity contribution in [2.45, 2.75) is 27.7 Å². The van der Waals surface area contributed by atoms with Crippen molar-refractivity contribution in [3.63, 3.8) is 0 Å². The summed E-state index contributed by atoms with van der Waals surface area (Å²) in [5, 5.41) is 2.37. The van der Waals surface area contributed by atoms with E-state index in [1.807, 2.05) is 13.8 Å². The van der Waals surface area contributed by atoms with E-state index in [1.54, 1.807) is 6.07 Å². The van der Waals surface area contributed by atoms with Gasteiger partial charge in [0.25, 0.3) is 0 Å². The Labute approximate surface area is 105 Å². The number of fused-ring (bicyclic) bond motifs is 3. The molecule has 0 saturated heterocycles. The molecule has 2 heterocycles. The highest BCUT2D eigenvalue weighted by Crippen LogP contribution is 2.31. The summed E-state index contributed by atoms with van der Waals surface area (Å²) in [7, 11) is 0. The summed E-state index contributed by atoms with van der Waals surface area (Å²) >= 11 is 0. The molecule has 3 heteroatoms. The maximum atomic E-state index is 11.6. The number of rotatable bonds is 0. The second-order valence-electron chi connectivity index (χ2n) is 5.06. The molecule has 0 amide bonds. The minimum absolute atomic E-state index is 0.0394. The quantitative estimate of drug-likeness (QED) is 0.622. The molecule has 0 aliphatic carbocycles. The van der Waals surface area contributed by atoms with Crippen molar-refractivity contribution in [3.8, 4) is 0 Å². The molecule has 0 aliphatic heterocycles. The van der Waals surface area contributed by atoms with Gasteiger partial charge in [-0.3, -0.25) is 4.79 Å². The monoisotopic (exact) mass is 240 g/mol. The van der Waals surface area contributed by atoms with Gasteiger partial charge in [-0.2, -0.15) is 0 Å². The lowest BCUT2D eigenvalue weighted by molar-refractivity contribution is 1.25. The highest BCUT2D eigenvalue weighted by Gasteiger charge is 2.12. The van der Waals surface area contributed by atoms with E-state index in [1.165, 1.54) is 16.6 Å². The molecule has 0 atom stereocenters. The van der Waals surface area contributed by atoms with Crippen molar-refractivity contribution in [2.24, 2.45) is 0 Å². The standard InChI is InChI=1S/C15H16N2O/c1-7-6-12(18)17-14-8(2)5-11-9(3)10(4)16-15(11)13(7)14/h5-6,16H,1-4H3,(H,17,18). The number of hydrogen-bond donors (Lipinski definition) is 2. The van der Waals surface area contributed by atoms with Gasteiger partial charge in [0.05, 0.1) is 11.0 Å². The van der Waals surface area contributed by atoms with Crippen molar-refractivity contribution in [2.75, 3.05) is 0 Å². The normalized spacial score (nSPS) is 11.6. The van der Waals surface area contributed by atoms with Crippen LogP contribution in [0.15, 0.2) is 16.9 Å². The molecule has 0 bridgehead atoms. The van der Waals surface area contributed by atoms with E-state index < -0.39 is 0 Å². The summed E-state index contributed by atoms with van der Waals surface area (Å²) < 4.78 is 0. The minimum Gasteiger partial charge on any atom is -0.358 e. The van der Waals surface area contributed by atoms with Crippen LogP contribution in [0.2, 0.25) is 0 Å². The average Bonchev–Trinajstić information content (AvgIpc) is 2.56. The van der Waals surface area contributed by atoms with Gasteiger partial charge in [0.1, 0.15) is 0 Å². The number of nitrogens with one attached hydrogen (secondary N) is 2. The summed E-state index contributed by atoms with van der Waals surface area (Å²) in [6.45, 7) is 8.23. The van der Waals surface area contributed by atoms with Crippen LogP contribution in [0.1, 0.15) is 22.4 Å². The predicted octanol–water partition coefficient (Wildman–Crippen LogP) is 3.24. The van der Waals surface area contributed by atoms with Crippen LogP contribution in [0.5, 0.6) is 0 Å². The van der Waals surface area contributed by atoms with E-state index in [4.69, 9.17) is 0 Å². The van der Waals surface area contributed by atoms with Crippen molar-refractivity contribution >= 4 is 21.8 Å². The van der Waals surface area contributed by atoms with Gasteiger partial charge >= 0.3 is 0 Å². The number of H-pyrrole nitrogens is 2. The first kappa shape index (κ1) is 11.1. The zero-order valence-electron chi connectivity index (χ0n) is 11.1. The number of benzene rings is 1. The van der Waals surface area contributed by atoms with Crippen molar-refractivity contribution < 1.29 is 0 Å². The van der Waals surface area contributed by atoms with E-state index in [2.05, 4.69) is 29.9 Å². The van der Waals surface area contributed by atoms with Crippen LogP contribution < -0.4 is 5.56 Å². The van der Waals surface area contributed by atoms with Gasteiger partial charge in [0.2, 0.25) is 5.56 Å². The Morgan fingerprint density at radius 3 is 2.33 bits per heavy atom. The number of aryl methyl sites for hydroxylation is 4. The third kappa shape index (κ3) is 1.33. The molecule has 0 unspecified atom stereocenters. The van der Waals surface area contributed by atoms with E-state index in [0.29, 0.717) is 0 Å². The molecule has 1 aromatic carbocycles. The summed E-state index contributed by atoms with van der Waals surface area (Å²) in [5.41, 5.74) is 6.61. The van der Waals surface area contributed by atoms with E-state index in [0.717, 1.165) is 27.5 Å². The first-order chi connectivity index (χ1) is 8.49. The van der Waals surface area contributed by atoms with Gasteiger partial charge in [0, 0.05) is 22.5 Å². The second-order valence-corrected chi connectivity index (χ2v) is 5.06. The Morgan fingerprint density at radius 1 is 0.889 bits per heavy atom. The highest BCUT2D eigenvalue weighted by molar-refractivity contribution is 6.08. The smallest absolute Gasteiger partial charge is 0.248 e. The Balaban J connectivity index is 2.69. The molecular formula is C15H16N2O. The number of aromatic amines is 2. The van der Waals surface area contributed by atoms with Gasteiger partial charge in [-0.05, 0) is 50.5 Å². The SMILES string of the molecule is Cc1[nH]c2c(cc(C)c3[nH]c(=O)cc(C)c32)c1C. The fraction of sp³-hybridized carbons (Fsp3) is 0.267. The fourth-order valence-corrected chi connectivity index (χ4v) is 2.71. The number of pyridine rings is 1. The lowest BCUT2D eigenvalue weighted by Crippen LogP contribution is -2.06. The van der Waals surface area contributed by atoms with Crippen LogP contribution in [-0.4, -0.2) is 9.97 Å². The average molecular weight is 240 g/mol. The Hall–Kier alpha value is -2.03. The lowest BCUT2D eigenvalue weighted by Gasteiger charge is -2.07. The summed E-state index contributed by atoms with van der Waals surface area (Å²) in [6, 6.07) is 3.80. The fourth-order valence-electron chi connectivity index (χ4n) is 2.71.